The molecule has 1 saturated heterocycles. The number of fused-ring (bicyclic) bond motifs is 2. The standard InChI is InChI=1S/C16H22N2S/c1-18(2)11-14-6-5-13-10-12(14)7-8-17-16(13)15-4-3-9-19-15/h3-6,9,12,16-17H,7-8,10-11H2,1-2H3. The third-order valence-corrected chi connectivity index (χ3v) is 4.99. The van der Waals surface area contributed by atoms with Gasteiger partial charge in [0.05, 0.1) is 6.04 Å². The number of nitrogens with one attached hydrogen (secondary N) is 1. The second-order valence-electron chi connectivity index (χ2n) is 5.81. The molecule has 2 heterocycles. The summed E-state index contributed by atoms with van der Waals surface area (Å²) in [5.41, 5.74) is 3.16. The molecule has 1 fully saturated rings. The quantitative estimate of drug-likeness (QED) is 0.910. The molecule has 0 aromatic carbocycles. The summed E-state index contributed by atoms with van der Waals surface area (Å²) >= 11 is 1.86. The number of nitrogens with zero attached hydrogens (tertiary/aromatic N) is 1. The summed E-state index contributed by atoms with van der Waals surface area (Å²) in [6.07, 6.45) is 7.23. The molecule has 1 aliphatic carbocycles. The van der Waals surface area contributed by atoms with Crippen molar-refractivity contribution in [2.45, 2.75) is 18.9 Å². The molecule has 1 aliphatic heterocycles. The van der Waals surface area contributed by atoms with Gasteiger partial charge in [-0.3, -0.25) is 0 Å². The summed E-state index contributed by atoms with van der Waals surface area (Å²) in [5.74, 6) is 0.736. The van der Waals surface area contributed by atoms with E-state index in [1.165, 1.54) is 17.7 Å². The molecule has 0 spiro atoms. The van der Waals surface area contributed by atoms with Crippen LogP contribution in [0.15, 0.2) is 40.8 Å². The van der Waals surface area contributed by atoms with E-state index in [0.717, 1.165) is 19.0 Å². The van der Waals surface area contributed by atoms with Crippen LogP contribution in [-0.4, -0.2) is 32.1 Å². The lowest BCUT2D eigenvalue weighted by atomic mass is 9.83. The summed E-state index contributed by atoms with van der Waals surface area (Å²) < 4.78 is 0. The average molecular weight is 274 g/mol. The average Bonchev–Trinajstić information content (AvgIpc) is 2.84. The van der Waals surface area contributed by atoms with Crippen LogP contribution in [-0.2, 0) is 0 Å². The van der Waals surface area contributed by atoms with Crippen molar-refractivity contribution in [3.63, 3.8) is 0 Å². The smallest absolute Gasteiger partial charge is 0.0633 e. The maximum absolute atomic E-state index is 3.72. The molecule has 2 nitrogen and oxygen atoms in total. The van der Waals surface area contributed by atoms with Gasteiger partial charge in [-0.05, 0) is 56.4 Å². The Labute approximate surface area is 119 Å². The fraction of sp³-hybridized carbons (Fsp3) is 0.500. The fourth-order valence-corrected chi connectivity index (χ4v) is 4.00. The summed E-state index contributed by atoms with van der Waals surface area (Å²) in [4.78, 5) is 3.73. The zero-order chi connectivity index (χ0) is 13.2. The molecule has 19 heavy (non-hydrogen) atoms. The Bertz CT molecular complexity index is 485. The highest BCUT2D eigenvalue weighted by Gasteiger charge is 2.28. The molecular weight excluding hydrogens is 252 g/mol. The highest BCUT2D eigenvalue weighted by Crippen LogP contribution is 2.38. The second kappa shape index (κ2) is 5.61. The first kappa shape index (κ1) is 13.1. The minimum atomic E-state index is 0.446. The lowest BCUT2D eigenvalue weighted by Crippen LogP contribution is -2.21. The summed E-state index contributed by atoms with van der Waals surface area (Å²) in [6.45, 7) is 2.22. The van der Waals surface area contributed by atoms with E-state index in [2.05, 4.69) is 54.0 Å². The van der Waals surface area contributed by atoms with Crippen LogP contribution >= 0.6 is 11.3 Å². The first-order chi connectivity index (χ1) is 9.24. The Morgan fingerprint density at radius 3 is 3.00 bits per heavy atom. The zero-order valence-corrected chi connectivity index (χ0v) is 12.5. The van der Waals surface area contributed by atoms with Crippen molar-refractivity contribution < 1.29 is 0 Å². The van der Waals surface area contributed by atoms with Crippen molar-refractivity contribution in [2.75, 3.05) is 27.2 Å². The molecule has 2 bridgehead atoms. The van der Waals surface area contributed by atoms with E-state index in [9.17, 15) is 0 Å². The second-order valence-corrected chi connectivity index (χ2v) is 6.79. The largest absolute Gasteiger partial charge is 0.306 e. The van der Waals surface area contributed by atoms with Crippen molar-refractivity contribution in [3.05, 3.63) is 45.7 Å². The van der Waals surface area contributed by atoms with E-state index < -0.39 is 0 Å². The van der Waals surface area contributed by atoms with E-state index in [4.69, 9.17) is 0 Å². The lowest BCUT2D eigenvalue weighted by molar-refractivity contribution is 0.410. The molecule has 0 radical (unpaired) electrons. The van der Waals surface area contributed by atoms with Gasteiger partial charge in [-0.25, -0.2) is 0 Å². The number of hydrogen-bond acceptors (Lipinski definition) is 3. The number of hydrogen-bond donors (Lipinski definition) is 1. The maximum atomic E-state index is 3.72. The molecule has 3 heteroatoms. The van der Waals surface area contributed by atoms with Gasteiger partial charge in [0.15, 0.2) is 0 Å². The fourth-order valence-electron chi connectivity index (χ4n) is 3.15. The third-order valence-electron chi connectivity index (χ3n) is 4.06. The van der Waals surface area contributed by atoms with Gasteiger partial charge in [0.1, 0.15) is 0 Å². The SMILES string of the molecule is CN(C)CC1=CC=C2CC1CCNC2c1cccs1. The molecule has 2 unspecified atom stereocenters. The molecule has 102 valence electrons. The van der Waals surface area contributed by atoms with Gasteiger partial charge < -0.3 is 10.2 Å². The van der Waals surface area contributed by atoms with Crippen molar-refractivity contribution in [1.82, 2.24) is 10.2 Å². The van der Waals surface area contributed by atoms with Gasteiger partial charge in [0.2, 0.25) is 0 Å². The number of likely N-dealkylation sites (N-methyl/N-ethyl adjacent to an activating group) is 1. The number of rotatable bonds is 3. The molecular formula is C16H22N2S. The van der Waals surface area contributed by atoms with E-state index in [-0.39, 0.29) is 0 Å². The minimum absolute atomic E-state index is 0.446. The molecule has 1 aromatic heterocycles. The van der Waals surface area contributed by atoms with Crippen LogP contribution in [0.3, 0.4) is 0 Å². The van der Waals surface area contributed by atoms with Crippen LogP contribution in [0.1, 0.15) is 23.8 Å². The first-order valence-electron chi connectivity index (χ1n) is 7.05. The van der Waals surface area contributed by atoms with Gasteiger partial charge in [-0.1, -0.05) is 23.8 Å². The molecule has 2 atom stereocenters. The lowest BCUT2D eigenvalue weighted by Gasteiger charge is -2.26. The summed E-state index contributed by atoms with van der Waals surface area (Å²) in [7, 11) is 4.31. The van der Waals surface area contributed by atoms with E-state index in [1.54, 1.807) is 11.1 Å². The van der Waals surface area contributed by atoms with Crippen molar-refractivity contribution in [2.24, 2.45) is 5.92 Å². The monoisotopic (exact) mass is 274 g/mol. The predicted molar refractivity (Wildman–Crippen MR) is 82.5 cm³/mol. The van der Waals surface area contributed by atoms with E-state index in [1.807, 2.05) is 11.3 Å². The van der Waals surface area contributed by atoms with Gasteiger partial charge in [-0.2, -0.15) is 0 Å². The Morgan fingerprint density at radius 2 is 2.26 bits per heavy atom. The molecule has 3 rings (SSSR count). The van der Waals surface area contributed by atoms with Crippen LogP contribution in [0.25, 0.3) is 0 Å². The van der Waals surface area contributed by atoms with Gasteiger partial charge in [0.25, 0.3) is 0 Å². The Balaban J connectivity index is 1.86. The molecule has 2 aliphatic rings. The van der Waals surface area contributed by atoms with Crippen LogP contribution in [0.4, 0.5) is 0 Å². The summed E-state index contributed by atoms with van der Waals surface area (Å²) in [5, 5.41) is 5.90. The van der Waals surface area contributed by atoms with Crippen molar-refractivity contribution >= 4 is 11.3 Å². The van der Waals surface area contributed by atoms with Crippen LogP contribution in [0.5, 0.6) is 0 Å². The molecule has 1 N–H and O–H groups in total. The van der Waals surface area contributed by atoms with Gasteiger partial charge in [-0.15, -0.1) is 11.3 Å². The van der Waals surface area contributed by atoms with Gasteiger partial charge >= 0.3 is 0 Å². The Hall–Kier alpha value is -0.900. The minimum Gasteiger partial charge on any atom is -0.306 e. The highest BCUT2D eigenvalue weighted by molar-refractivity contribution is 7.10. The Morgan fingerprint density at radius 1 is 1.37 bits per heavy atom. The maximum Gasteiger partial charge on any atom is 0.0633 e. The highest BCUT2D eigenvalue weighted by atomic mass is 32.1. The van der Waals surface area contributed by atoms with E-state index >= 15 is 0 Å². The number of allylic oxidation sites excluding steroid dienone is 2. The van der Waals surface area contributed by atoms with Crippen LogP contribution in [0, 0.1) is 5.92 Å². The topological polar surface area (TPSA) is 15.3 Å². The van der Waals surface area contributed by atoms with Crippen LogP contribution in [0.2, 0.25) is 0 Å². The Kier molecular flexibility index (Phi) is 3.87. The van der Waals surface area contributed by atoms with Crippen molar-refractivity contribution in [3.8, 4) is 0 Å². The molecule has 0 amide bonds. The first-order valence-corrected chi connectivity index (χ1v) is 7.93. The van der Waals surface area contributed by atoms with Gasteiger partial charge in [0, 0.05) is 11.4 Å². The predicted octanol–water partition coefficient (Wildman–Crippen LogP) is 3.22. The van der Waals surface area contributed by atoms with E-state index in [0.29, 0.717) is 6.04 Å². The number of thiophene rings is 1. The molecule has 1 aromatic rings. The third kappa shape index (κ3) is 2.83. The normalized spacial score (nSPS) is 26.9. The molecule has 0 saturated carbocycles. The summed E-state index contributed by atoms with van der Waals surface area (Å²) in [6, 6.07) is 4.85. The van der Waals surface area contributed by atoms with Crippen molar-refractivity contribution in [1.29, 1.82) is 0 Å². The zero-order valence-electron chi connectivity index (χ0n) is 11.7. The van der Waals surface area contributed by atoms with Crippen LogP contribution < -0.4 is 5.32 Å².